The summed E-state index contributed by atoms with van der Waals surface area (Å²) < 4.78 is 0. The summed E-state index contributed by atoms with van der Waals surface area (Å²) in [6, 6.07) is 5.49. The lowest BCUT2D eigenvalue weighted by Crippen LogP contribution is -2.19. The number of carbonyl (C=O) groups excluding carboxylic acids is 2. The third-order valence-electron chi connectivity index (χ3n) is 2.27. The summed E-state index contributed by atoms with van der Waals surface area (Å²) >= 11 is 6.11. The Kier molecular flexibility index (Phi) is 5.20. The van der Waals surface area contributed by atoms with Gasteiger partial charge in [-0.05, 0) is 18.2 Å². The van der Waals surface area contributed by atoms with E-state index in [1.807, 2.05) is 17.4 Å². The second kappa shape index (κ2) is 6.66. The molecular weight excluding hydrogens is 254 g/mol. The predicted molar refractivity (Wildman–Crippen MR) is 72.7 cm³/mol. The minimum absolute atomic E-state index is 0.335. The van der Waals surface area contributed by atoms with Gasteiger partial charge >= 0.3 is 0 Å². The highest BCUT2D eigenvalue weighted by Gasteiger charge is 2.04. The summed E-state index contributed by atoms with van der Waals surface area (Å²) in [5.74, 6) is -0.486. The van der Waals surface area contributed by atoms with Crippen molar-refractivity contribution in [3.05, 3.63) is 35.5 Å². The van der Waals surface area contributed by atoms with E-state index >= 15 is 0 Å². The standard InChI is InChI=1S/C12H14ClN3O2/c1-14-9-3-4-11(10(13)7-9)16(2)6-5-12(18)15-8-17/h3-8,14H,1-2H3,(H,15,17,18)/b6-5-. The van der Waals surface area contributed by atoms with E-state index < -0.39 is 5.91 Å². The Hall–Kier alpha value is -2.01. The van der Waals surface area contributed by atoms with Crippen molar-refractivity contribution in [1.29, 1.82) is 0 Å². The van der Waals surface area contributed by atoms with E-state index in [9.17, 15) is 9.59 Å². The monoisotopic (exact) mass is 267 g/mol. The molecule has 0 radical (unpaired) electrons. The van der Waals surface area contributed by atoms with Gasteiger partial charge in [-0.3, -0.25) is 14.9 Å². The number of benzene rings is 1. The maximum atomic E-state index is 11.1. The van der Waals surface area contributed by atoms with Crippen molar-refractivity contribution in [2.45, 2.75) is 0 Å². The predicted octanol–water partition coefficient (Wildman–Crippen LogP) is 1.60. The summed E-state index contributed by atoms with van der Waals surface area (Å²) in [6.45, 7) is 0. The summed E-state index contributed by atoms with van der Waals surface area (Å²) in [5.41, 5.74) is 1.66. The van der Waals surface area contributed by atoms with Crippen LogP contribution in [-0.4, -0.2) is 26.4 Å². The van der Waals surface area contributed by atoms with Gasteiger partial charge in [-0.15, -0.1) is 0 Å². The van der Waals surface area contributed by atoms with Crippen LogP contribution in [0.2, 0.25) is 5.02 Å². The van der Waals surface area contributed by atoms with Gasteiger partial charge in [0.05, 0.1) is 10.7 Å². The number of anilines is 2. The molecule has 0 aromatic heterocycles. The van der Waals surface area contributed by atoms with E-state index in [2.05, 4.69) is 5.32 Å². The van der Waals surface area contributed by atoms with Crippen LogP contribution < -0.4 is 15.5 Å². The molecule has 2 amide bonds. The Morgan fingerprint density at radius 3 is 2.72 bits per heavy atom. The SMILES string of the molecule is CNc1ccc(N(C)/C=C\C(=O)NC=O)c(Cl)c1. The number of imide groups is 1. The molecule has 0 saturated carbocycles. The minimum Gasteiger partial charge on any atom is -0.388 e. The van der Waals surface area contributed by atoms with Gasteiger partial charge in [0.2, 0.25) is 6.41 Å². The molecule has 0 aliphatic heterocycles. The minimum atomic E-state index is -0.486. The van der Waals surface area contributed by atoms with Gasteiger partial charge in [-0.1, -0.05) is 11.6 Å². The summed E-state index contributed by atoms with van der Waals surface area (Å²) in [4.78, 5) is 22.8. The third-order valence-corrected chi connectivity index (χ3v) is 2.57. The Bertz CT molecular complexity index is 474. The van der Waals surface area contributed by atoms with Gasteiger partial charge < -0.3 is 10.2 Å². The normalized spacial score (nSPS) is 10.2. The molecule has 0 aliphatic rings. The second-order valence-corrected chi connectivity index (χ2v) is 3.88. The van der Waals surface area contributed by atoms with Gasteiger partial charge in [0.1, 0.15) is 0 Å². The van der Waals surface area contributed by atoms with Crippen molar-refractivity contribution in [3.63, 3.8) is 0 Å². The lowest BCUT2D eigenvalue weighted by atomic mass is 10.2. The summed E-state index contributed by atoms with van der Waals surface area (Å²) in [5, 5.41) is 5.55. The molecule has 0 atom stereocenters. The van der Waals surface area contributed by atoms with Crippen molar-refractivity contribution in [1.82, 2.24) is 5.32 Å². The molecule has 2 N–H and O–H groups in total. The molecule has 0 heterocycles. The quantitative estimate of drug-likeness (QED) is 0.628. The molecule has 0 bridgehead atoms. The molecular formula is C12H14ClN3O2. The molecule has 18 heavy (non-hydrogen) atoms. The van der Waals surface area contributed by atoms with Gasteiger partial charge in [0.25, 0.3) is 5.91 Å². The zero-order valence-electron chi connectivity index (χ0n) is 10.1. The first-order valence-electron chi connectivity index (χ1n) is 5.21. The van der Waals surface area contributed by atoms with Crippen LogP contribution in [0.4, 0.5) is 11.4 Å². The first-order valence-corrected chi connectivity index (χ1v) is 5.58. The van der Waals surface area contributed by atoms with Crippen molar-refractivity contribution in [3.8, 4) is 0 Å². The summed E-state index contributed by atoms with van der Waals surface area (Å²) in [6.07, 6.45) is 3.11. The Balaban J connectivity index is 2.81. The molecule has 0 saturated heterocycles. The Morgan fingerprint density at radius 2 is 2.17 bits per heavy atom. The first kappa shape index (κ1) is 14.1. The fraction of sp³-hybridized carbons (Fsp3) is 0.167. The van der Waals surface area contributed by atoms with Crippen LogP contribution in [0.3, 0.4) is 0 Å². The number of hydrogen-bond acceptors (Lipinski definition) is 4. The van der Waals surface area contributed by atoms with Crippen molar-refractivity contribution >= 4 is 35.3 Å². The number of hydrogen-bond donors (Lipinski definition) is 2. The maximum Gasteiger partial charge on any atom is 0.251 e. The average molecular weight is 268 g/mol. The van der Waals surface area contributed by atoms with Gasteiger partial charge in [0, 0.05) is 32.1 Å². The molecule has 5 nitrogen and oxygen atoms in total. The Labute approximate surface area is 110 Å². The maximum absolute atomic E-state index is 11.1. The van der Waals surface area contributed by atoms with E-state index in [4.69, 9.17) is 11.6 Å². The largest absolute Gasteiger partial charge is 0.388 e. The van der Waals surface area contributed by atoms with Gasteiger partial charge in [0.15, 0.2) is 0 Å². The topological polar surface area (TPSA) is 61.4 Å². The van der Waals surface area contributed by atoms with Gasteiger partial charge in [-0.2, -0.15) is 0 Å². The number of amides is 2. The zero-order chi connectivity index (χ0) is 13.5. The number of rotatable bonds is 5. The van der Waals surface area contributed by atoms with E-state index in [0.717, 1.165) is 11.4 Å². The highest BCUT2D eigenvalue weighted by Crippen LogP contribution is 2.28. The van der Waals surface area contributed by atoms with Crippen LogP contribution in [0.1, 0.15) is 0 Å². The van der Waals surface area contributed by atoms with Crippen LogP contribution in [-0.2, 0) is 9.59 Å². The van der Waals surface area contributed by atoms with Gasteiger partial charge in [-0.25, -0.2) is 0 Å². The van der Waals surface area contributed by atoms with Crippen LogP contribution >= 0.6 is 11.6 Å². The molecule has 0 spiro atoms. The third kappa shape index (κ3) is 3.78. The zero-order valence-corrected chi connectivity index (χ0v) is 10.9. The lowest BCUT2D eigenvalue weighted by molar-refractivity contribution is -0.121. The fourth-order valence-corrected chi connectivity index (χ4v) is 1.63. The van der Waals surface area contributed by atoms with Crippen LogP contribution in [0.25, 0.3) is 0 Å². The molecule has 96 valence electrons. The number of halogens is 1. The van der Waals surface area contributed by atoms with Crippen molar-refractivity contribution in [2.24, 2.45) is 0 Å². The molecule has 1 aromatic rings. The van der Waals surface area contributed by atoms with Crippen LogP contribution in [0.15, 0.2) is 30.5 Å². The molecule has 1 aromatic carbocycles. The average Bonchev–Trinajstić information content (AvgIpc) is 2.36. The number of carbonyl (C=O) groups is 2. The second-order valence-electron chi connectivity index (χ2n) is 3.47. The molecule has 0 fully saturated rings. The van der Waals surface area contributed by atoms with E-state index in [1.54, 1.807) is 25.1 Å². The number of nitrogens with zero attached hydrogens (tertiary/aromatic N) is 1. The lowest BCUT2D eigenvalue weighted by Gasteiger charge is -2.16. The number of nitrogens with one attached hydrogen (secondary N) is 2. The molecule has 0 unspecified atom stereocenters. The highest BCUT2D eigenvalue weighted by atomic mass is 35.5. The van der Waals surface area contributed by atoms with Crippen molar-refractivity contribution < 1.29 is 9.59 Å². The van der Waals surface area contributed by atoms with Crippen LogP contribution in [0.5, 0.6) is 0 Å². The van der Waals surface area contributed by atoms with E-state index in [0.29, 0.717) is 11.4 Å². The van der Waals surface area contributed by atoms with E-state index in [1.165, 1.54) is 12.3 Å². The Morgan fingerprint density at radius 1 is 1.44 bits per heavy atom. The fourth-order valence-electron chi connectivity index (χ4n) is 1.31. The molecule has 0 aliphatic carbocycles. The van der Waals surface area contributed by atoms with E-state index in [-0.39, 0.29) is 0 Å². The molecule has 6 heteroatoms. The van der Waals surface area contributed by atoms with Crippen molar-refractivity contribution in [2.75, 3.05) is 24.3 Å². The smallest absolute Gasteiger partial charge is 0.251 e. The molecule has 1 rings (SSSR count). The van der Waals surface area contributed by atoms with Crippen LogP contribution in [0, 0.1) is 0 Å². The first-order chi connectivity index (χ1) is 8.58. The highest BCUT2D eigenvalue weighted by molar-refractivity contribution is 6.33. The summed E-state index contributed by atoms with van der Waals surface area (Å²) in [7, 11) is 3.56.